The van der Waals surface area contributed by atoms with Crippen LogP contribution in [0.4, 0.5) is 0 Å². The molecule has 12 amide bonds. The van der Waals surface area contributed by atoms with Crippen molar-refractivity contribution in [3.05, 3.63) is 71.8 Å². The van der Waals surface area contributed by atoms with Gasteiger partial charge in [-0.25, -0.2) is 4.79 Å². The van der Waals surface area contributed by atoms with Crippen LogP contribution in [0, 0.1) is 5.92 Å². The van der Waals surface area contributed by atoms with Crippen LogP contribution in [0.2, 0.25) is 0 Å². The van der Waals surface area contributed by atoms with E-state index in [9.17, 15) is 67.4 Å². The molecular formula is C63H97N17O14S. The highest BCUT2D eigenvalue weighted by molar-refractivity contribution is 7.98. The number of thioether (sulfide) groups is 1. The van der Waals surface area contributed by atoms with Crippen molar-refractivity contribution in [2.45, 2.75) is 183 Å². The molecule has 2 aliphatic heterocycles. The molecule has 95 heavy (non-hydrogen) atoms. The van der Waals surface area contributed by atoms with Crippen LogP contribution in [-0.2, 0) is 75.2 Å². The van der Waals surface area contributed by atoms with Crippen LogP contribution in [0.3, 0.4) is 0 Å². The Kier molecular flexibility index (Phi) is 33.9. The number of carboxylic acid groups (broad SMARTS) is 1. The Labute approximate surface area is 557 Å². The number of nitrogens with two attached hydrogens (primary N) is 6. The Balaban J connectivity index is 1.56. The molecule has 0 aromatic heterocycles. The number of rotatable bonds is 42. The second-order valence-corrected chi connectivity index (χ2v) is 25.0. The van der Waals surface area contributed by atoms with E-state index in [0.717, 1.165) is 0 Å². The number of guanidine groups is 1. The molecule has 2 fully saturated rings. The molecule has 524 valence electrons. The number of benzene rings is 2. The van der Waals surface area contributed by atoms with Gasteiger partial charge in [-0.1, -0.05) is 74.5 Å². The standard InChI is InChI=1S/C63H97N17O14S/c1-37(2)33-45(56(87)76-44(62(93)94)27-32-95-3)72-52(83)36-71-53(84)46(34-38-15-6-4-7-16-38)77-57(88)47(35-39-17-8-5-9-18-39)78-55(86)41(23-25-50(66)81)73-54(85)42(24-26-51(67)82)74-58(89)49-22-14-31-80(49)61(92)43(20-10-11-28-64)75-59(90)48-21-13-30-79(48)60(91)40(65)19-12-29-70-63(68)69/h4-9,15-18,37,40-49H,10-14,19-36,64-65H2,1-3H3,(H2,66,81)(H2,67,82)(H,71,84)(H,72,83)(H,73,85)(H,74,89)(H,75,90)(H,76,87)(H,77,88)(H,78,86)(H,93,94)(H4,68,69,70)/t40-,41+,42+,43+,44+,45-,46-,47-,48-,49-/m1/s1. The summed E-state index contributed by atoms with van der Waals surface area (Å²) in [6, 6.07) is 4.12. The number of carboxylic acids is 1. The van der Waals surface area contributed by atoms with Crippen molar-refractivity contribution in [2.75, 3.05) is 44.7 Å². The van der Waals surface area contributed by atoms with Crippen molar-refractivity contribution in [2.24, 2.45) is 45.3 Å². The molecule has 0 spiro atoms. The minimum Gasteiger partial charge on any atom is -0.480 e. The van der Waals surface area contributed by atoms with Crippen LogP contribution in [0.1, 0.15) is 121 Å². The highest BCUT2D eigenvalue weighted by Crippen LogP contribution is 2.24. The quantitative estimate of drug-likeness (QED) is 0.0178. The number of carbonyl (C=O) groups excluding carboxylic acids is 12. The van der Waals surface area contributed by atoms with Crippen LogP contribution >= 0.6 is 11.8 Å². The van der Waals surface area contributed by atoms with Gasteiger partial charge in [-0.15, -0.1) is 0 Å². The maximum atomic E-state index is 14.7. The molecule has 0 radical (unpaired) electrons. The van der Waals surface area contributed by atoms with Crippen molar-refractivity contribution in [3.8, 4) is 0 Å². The molecule has 4 rings (SSSR count). The average molecular weight is 1350 g/mol. The lowest BCUT2D eigenvalue weighted by Gasteiger charge is -2.32. The van der Waals surface area contributed by atoms with Crippen LogP contribution in [0.25, 0.3) is 0 Å². The molecule has 0 bridgehead atoms. The Morgan fingerprint density at radius 2 is 1.03 bits per heavy atom. The van der Waals surface area contributed by atoms with Crippen molar-refractivity contribution in [1.29, 1.82) is 0 Å². The van der Waals surface area contributed by atoms with E-state index in [-0.39, 0.29) is 83.0 Å². The van der Waals surface area contributed by atoms with Crippen molar-refractivity contribution < 1.29 is 67.4 Å². The molecule has 2 aromatic carbocycles. The molecule has 2 aromatic rings. The van der Waals surface area contributed by atoms with Gasteiger partial charge in [0.15, 0.2) is 5.96 Å². The predicted molar refractivity (Wildman–Crippen MR) is 354 cm³/mol. The average Bonchev–Trinajstić information content (AvgIpc) is 1.74. The summed E-state index contributed by atoms with van der Waals surface area (Å²) in [5.41, 5.74) is 35.0. The van der Waals surface area contributed by atoms with Crippen LogP contribution in [0.5, 0.6) is 0 Å². The van der Waals surface area contributed by atoms with Gasteiger partial charge in [0.05, 0.1) is 12.6 Å². The molecule has 0 unspecified atom stereocenters. The molecule has 32 heteroatoms. The van der Waals surface area contributed by atoms with Crippen LogP contribution in [-0.4, -0.2) is 203 Å². The van der Waals surface area contributed by atoms with Crippen LogP contribution in [0.15, 0.2) is 65.7 Å². The first-order chi connectivity index (χ1) is 45.2. The number of amides is 12. The van der Waals surface area contributed by atoms with Gasteiger partial charge in [0.25, 0.3) is 0 Å². The maximum Gasteiger partial charge on any atom is 0.326 e. The minimum atomic E-state index is -1.65. The third-order valence-electron chi connectivity index (χ3n) is 16.0. The molecule has 31 nitrogen and oxygen atoms in total. The first-order valence-electron chi connectivity index (χ1n) is 32.1. The summed E-state index contributed by atoms with van der Waals surface area (Å²) in [5.74, 6) is -10.6. The van der Waals surface area contributed by atoms with E-state index in [1.54, 1.807) is 80.8 Å². The second-order valence-electron chi connectivity index (χ2n) is 24.1. The fraction of sp³-hybridized carbons (Fsp3) is 0.587. The third-order valence-corrected chi connectivity index (χ3v) is 16.6. The molecule has 2 aliphatic rings. The van der Waals surface area contributed by atoms with E-state index in [4.69, 9.17) is 34.4 Å². The van der Waals surface area contributed by atoms with Crippen molar-refractivity contribution in [3.63, 3.8) is 0 Å². The van der Waals surface area contributed by atoms with E-state index in [1.807, 2.05) is 0 Å². The van der Waals surface area contributed by atoms with Crippen molar-refractivity contribution >= 4 is 94.6 Å². The maximum absolute atomic E-state index is 14.7. The summed E-state index contributed by atoms with van der Waals surface area (Å²) in [7, 11) is 0. The zero-order valence-corrected chi connectivity index (χ0v) is 55.2. The number of likely N-dealkylation sites (tertiary alicyclic amines) is 2. The molecule has 21 N–H and O–H groups in total. The summed E-state index contributed by atoms with van der Waals surface area (Å²) in [5, 5.41) is 30.6. The van der Waals surface area contributed by atoms with Crippen LogP contribution < -0.4 is 76.9 Å². The first kappa shape index (κ1) is 78.5. The Morgan fingerprint density at radius 3 is 1.53 bits per heavy atom. The molecular weight excluding hydrogens is 1250 g/mol. The Hall–Kier alpha value is -8.91. The summed E-state index contributed by atoms with van der Waals surface area (Å²) in [6.07, 6.45) is 2.86. The summed E-state index contributed by atoms with van der Waals surface area (Å²) >= 11 is 1.40. The normalized spacial score (nSPS) is 16.8. The zero-order chi connectivity index (χ0) is 70.1. The number of nitrogens with one attached hydrogen (secondary N) is 8. The molecule has 0 aliphatic carbocycles. The van der Waals surface area contributed by atoms with E-state index in [0.29, 0.717) is 55.4 Å². The summed E-state index contributed by atoms with van der Waals surface area (Å²) in [6.45, 7) is 3.78. The lowest BCUT2D eigenvalue weighted by molar-refractivity contribution is -0.144. The van der Waals surface area contributed by atoms with Gasteiger partial charge in [0.2, 0.25) is 70.9 Å². The number of nitrogens with zero attached hydrogens (tertiary/aromatic N) is 3. The number of aliphatic carboxylic acids is 1. The van der Waals surface area contributed by atoms with Crippen molar-refractivity contribution in [1.82, 2.24) is 52.3 Å². The monoisotopic (exact) mass is 1350 g/mol. The van der Waals surface area contributed by atoms with Gasteiger partial charge >= 0.3 is 5.97 Å². The fourth-order valence-electron chi connectivity index (χ4n) is 11.0. The largest absolute Gasteiger partial charge is 0.480 e. The predicted octanol–water partition coefficient (Wildman–Crippen LogP) is -3.11. The molecule has 10 atom stereocenters. The van der Waals surface area contributed by atoms with E-state index in [2.05, 4.69) is 47.5 Å². The van der Waals surface area contributed by atoms with E-state index >= 15 is 0 Å². The molecule has 2 heterocycles. The SMILES string of the molecule is CSCC[C@H](NC(=O)[C@@H](CC(C)C)NC(=O)CNC(=O)[C@@H](Cc1ccccc1)NC(=O)[C@@H](Cc1ccccc1)NC(=O)[C@H](CCC(N)=O)NC(=O)[C@H](CCC(N)=O)NC(=O)[C@H]1CCCN1C(=O)[C@H](CCCCN)NC(=O)[C@H]1CCCN1C(=O)[C@H](N)CCCN=C(N)N)C(=O)O. The van der Waals surface area contributed by atoms with Gasteiger partial charge < -0.3 is 91.8 Å². The number of hydrogen-bond donors (Lipinski definition) is 15. The van der Waals surface area contributed by atoms with Gasteiger partial charge in [0, 0.05) is 45.3 Å². The Bertz CT molecular complexity index is 2960. The second kappa shape index (κ2) is 41.0. The van der Waals surface area contributed by atoms with Gasteiger partial charge in [0.1, 0.15) is 54.4 Å². The highest BCUT2D eigenvalue weighted by Gasteiger charge is 2.42. The minimum absolute atomic E-state index is 0.0706. The topological polar surface area (TPSA) is 513 Å². The number of aliphatic imine (C=N–C) groups is 1. The molecule has 2 saturated heterocycles. The van der Waals surface area contributed by atoms with E-state index < -0.39 is 170 Å². The van der Waals surface area contributed by atoms with Gasteiger partial charge in [-0.05, 0) is 119 Å². The lowest BCUT2D eigenvalue weighted by Crippen LogP contribution is -2.60. The fourth-order valence-corrected chi connectivity index (χ4v) is 11.5. The molecule has 0 saturated carbocycles. The highest BCUT2D eigenvalue weighted by atomic mass is 32.2. The number of unbranched alkanes of at least 4 members (excludes halogenated alkanes) is 1. The number of primary amides is 2. The van der Waals surface area contributed by atoms with Gasteiger partial charge in [-0.3, -0.25) is 62.5 Å². The number of hydrogen-bond acceptors (Lipinski definition) is 17. The summed E-state index contributed by atoms with van der Waals surface area (Å²) < 4.78 is 0. The van der Waals surface area contributed by atoms with E-state index in [1.165, 1.54) is 21.6 Å². The smallest absolute Gasteiger partial charge is 0.326 e. The zero-order valence-electron chi connectivity index (χ0n) is 54.4. The third kappa shape index (κ3) is 27.5. The lowest BCUT2D eigenvalue weighted by atomic mass is 10.0. The number of carbonyl (C=O) groups is 13. The summed E-state index contributed by atoms with van der Waals surface area (Å²) in [4.78, 5) is 184. The van der Waals surface area contributed by atoms with Gasteiger partial charge in [-0.2, -0.15) is 11.8 Å². The first-order valence-corrected chi connectivity index (χ1v) is 33.5. The Morgan fingerprint density at radius 1 is 0.558 bits per heavy atom.